The Morgan fingerprint density at radius 2 is 1.52 bits per heavy atom. The van der Waals surface area contributed by atoms with Crippen LogP contribution in [-0.2, 0) is 11.2 Å². The van der Waals surface area contributed by atoms with Crippen LogP contribution in [0.1, 0.15) is 27.8 Å². The highest BCUT2D eigenvalue weighted by molar-refractivity contribution is 5.99. The Kier molecular flexibility index (Phi) is 4.32. The Morgan fingerprint density at radius 3 is 2.14 bits per heavy atom. The third-order valence-corrected chi connectivity index (χ3v) is 3.88. The molecule has 1 amide bonds. The first kappa shape index (κ1) is 15.1. The molecule has 0 spiro atoms. The average Bonchev–Trinajstić information content (AvgIpc) is 2.75. The third-order valence-electron chi connectivity index (χ3n) is 3.88. The van der Waals surface area contributed by atoms with Crippen molar-refractivity contribution < 1.29 is 4.79 Å². The van der Waals surface area contributed by atoms with Gasteiger partial charge in [-0.2, -0.15) is 0 Å². The Bertz CT molecular complexity index is 657. The van der Waals surface area contributed by atoms with Crippen LogP contribution in [0.4, 0.5) is 11.4 Å². The first-order valence-electron chi connectivity index (χ1n) is 7.09. The van der Waals surface area contributed by atoms with Crippen LogP contribution in [0.15, 0.2) is 30.3 Å². The Hall–Kier alpha value is -2.29. The van der Waals surface area contributed by atoms with E-state index in [2.05, 4.69) is 39.1 Å². The lowest BCUT2D eigenvalue weighted by Gasteiger charge is -2.03. The molecular formula is C18H22N2O. The van der Waals surface area contributed by atoms with Crippen molar-refractivity contribution in [3.63, 3.8) is 0 Å². The van der Waals surface area contributed by atoms with E-state index >= 15 is 0 Å². The maximum absolute atomic E-state index is 11.0. The molecule has 3 rings (SSSR count). The van der Waals surface area contributed by atoms with Crippen molar-refractivity contribution >= 4 is 17.3 Å². The molecule has 3 heteroatoms. The summed E-state index contributed by atoms with van der Waals surface area (Å²) in [5.74, 6) is 0.106. The number of aryl methyl sites for hydroxylation is 4. The molecule has 0 bridgehead atoms. The molecule has 0 fully saturated rings. The Balaban J connectivity index is 0.000000161. The van der Waals surface area contributed by atoms with Gasteiger partial charge in [0.2, 0.25) is 5.91 Å². The van der Waals surface area contributed by atoms with E-state index in [-0.39, 0.29) is 5.91 Å². The molecule has 0 saturated carbocycles. The zero-order chi connectivity index (χ0) is 15.6. The van der Waals surface area contributed by atoms with Gasteiger partial charge in [0.15, 0.2) is 0 Å². The predicted molar refractivity (Wildman–Crippen MR) is 88.6 cm³/mol. The number of anilines is 2. The van der Waals surface area contributed by atoms with E-state index in [1.807, 2.05) is 24.3 Å². The van der Waals surface area contributed by atoms with Crippen molar-refractivity contribution in [2.45, 2.75) is 34.1 Å². The van der Waals surface area contributed by atoms with Crippen LogP contribution in [0.3, 0.4) is 0 Å². The maximum Gasteiger partial charge on any atom is 0.228 e. The summed E-state index contributed by atoms with van der Waals surface area (Å²) in [5, 5.41) is 2.83. The number of hydrogen-bond acceptors (Lipinski definition) is 2. The monoisotopic (exact) mass is 282 g/mol. The largest absolute Gasteiger partial charge is 0.399 e. The minimum atomic E-state index is 0.106. The number of fused-ring (bicyclic) bond motifs is 1. The molecule has 110 valence electrons. The fourth-order valence-corrected chi connectivity index (χ4v) is 2.27. The lowest BCUT2D eigenvalue weighted by atomic mass is 10.0. The molecule has 1 aliphatic rings. The maximum atomic E-state index is 11.0. The van der Waals surface area contributed by atoms with Crippen molar-refractivity contribution in [3.8, 4) is 0 Å². The molecule has 2 aromatic rings. The fourth-order valence-electron chi connectivity index (χ4n) is 2.27. The van der Waals surface area contributed by atoms with Gasteiger partial charge in [-0.1, -0.05) is 12.1 Å². The van der Waals surface area contributed by atoms with Gasteiger partial charge >= 0.3 is 0 Å². The van der Waals surface area contributed by atoms with Crippen molar-refractivity contribution in [2.75, 3.05) is 11.1 Å². The number of carbonyl (C=O) groups excluding carboxylic acids is 1. The summed E-state index contributed by atoms with van der Waals surface area (Å²) < 4.78 is 0. The number of rotatable bonds is 0. The molecular weight excluding hydrogens is 260 g/mol. The van der Waals surface area contributed by atoms with Crippen LogP contribution in [0, 0.1) is 27.7 Å². The first-order chi connectivity index (χ1) is 9.86. The molecule has 0 radical (unpaired) electrons. The van der Waals surface area contributed by atoms with E-state index in [1.54, 1.807) is 0 Å². The standard InChI is InChI=1S/C10H11NO.C8H11N/c1-6-3-8-5-10(12)11-9(8)4-7(6)2;1-6-3-4-8(9)5-7(6)2/h3-4H,5H2,1-2H3,(H,11,12);3-5H,9H2,1-2H3. The summed E-state index contributed by atoms with van der Waals surface area (Å²) in [6, 6.07) is 10.1. The van der Waals surface area contributed by atoms with Gasteiger partial charge in [-0.05, 0) is 73.7 Å². The average molecular weight is 282 g/mol. The van der Waals surface area contributed by atoms with Gasteiger partial charge in [0.25, 0.3) is 0 Å². The summed E-state index contributed by atoms with van der Waals surface area (Å²) in [7, 11) is 0. The van der Waals surface area contributed by atoms with Crippen LogP contribution in [0.2, 0.25) is 0 Å². The minimum Gasteiger partial charge on any atom is -0.399 e. The Morgan fingerprint density at radius 1 is 0.905 bits per heavy atom. The molecule has 0 unspecified atom stereocenters. The third kappa shape index (κ3) is 3.63. The van der Waals surface area contributed by atoms with E-state index in [0.717, 1.165) is 16.9 Å². The number of nitrogen functional groups attached to an aromatic ring is 1. The molecule has 0 saturated heterocycles. The summed E-state index contributed by atoms with van der Waals surface area (Å²) in [6.45, 7) is 8.26. The van der Waals surface area contributed by atoms with Crippen molar-refractivity contribution in [2.24, 2.45) is 0 Å². The fraction of sp³-hybridized carbons (Fsp3) is 0.278. The lowest BCUT2D eigenvalue weighted by Crippen LogP contribution is -2.03. The van der Waals surface area contributed by atoms with Crippen LogP contribution < -0.4 is 11.1 Å². The van der Waals surface area contributed by atoms with Gasteiger partial charge < -0.3 is 11.1 Å². The first-order valence-corrected chi connectivity index (χ1v) is 7.09. The molecule has 0 aliphatic carbocycles. The summed E-state index contributed by atoms with van der Waals surface area (Å²) in [5.41, 5.74) is 13.5. The topological polar surface area (TPSA) is 55.1 Å². The van der Waals surface area contributed by atoms with Gasteiger partial charge in [0, 0.05) is 11.4 Å². The van der Waals surface area contributed by atoms with Gasteiger partial charge in [-0.25, -0.2) is 0 Å². The molecule has 3 N–H and O–H groups in total. The molecule has 2 aromatic carbocycles. The second kappa shape index (κ2) is 6.00. The highest BCUT2D eigenvalue weighted by atomic mass is 16.1. The molecule has 0 atom stereocenters. The van der Waals surface area contributed by atoms with Crippen LogP contribution >= 0.6 is 0 Å². The number of amides is 1. The van der Waals surface area contributed by atoms with E-state index in [1.165, 1.54) is 22.3 Å². The summed E-state index contributed by atoms with van der Waals surface area (Å²) in [6.07, 6.45) is 0.538. The molecule has 1 aliphatic heterocycles. The number of nitrogens with two attached hydrogens (primary N) is 1. The van der Waals surface area contributed by atoms with Gasteiger partial charge in [-0.15, -0.1) is 0 Å². The molecule has 21 heavy (non-hydrogen) atoms. The lowest BCUT2D eigenvalue weighted by molar-refractivity contribution is -0.115. The predicted octanol–water partition coefficient (Wildman–Crippen LogP) is 3.68. The molecule has 0 aromatic heterocycles. The van der Waals surface area contributed by atoms with Crippen molar-refractivity contribution in [1.29, 1.82) is 0 Å². The number of hydrogen-bond donors (Lipinski definition) is 2. The number of carbonyl (C=O) groups is 1. The van der Waals surface area contributed by atoms with Crippen molar-refractivity contribution in [3.05, 3.63) is 58.1 Å². The second-order valence-corrected chi connectivity index (χ2v) is 5.66. The SMILES string of the molecule is Cc1cc2c(cc1C)NC(=O)C2.Cc1ccc(N)cc1C. The van der Waals surface area contributed by atoms with E-state index in [0.29, 0.717) is 6.42 Å². The smallest absolute Gasteiger partial charge is 0.228 e. The van der Waals surface area contributed by atoms with Gasteiger partial charge in [0.05, 0.1) is 6.42 Å². The van der Waals surface area contributed by atoms with E-state index in [9.17, 15) is 4.79 Å². The van der Waals surface area contributed by atoms with Gasteiger partial charge in [0.1, 0.15) is 0 Å². The zero-order valence-corrected chi connectivity index (χ0v) is 13.1. The van der Waals surface area contributed by atoms with Crippen molar-refractivity contribution in [1.82, 2.24) is 0 Å². The van der Waals surface area contributed by atoms with E-state index < -0.39 is 0 Å². The molecule has 1 heterocycles. The summed E-state index contributed by atoms with van der Waals surface area (Å²) in [4.78, 5) is 11.0. The normalized spacial score (nSPS) is 12.3. The van der Waals surface area contributed by atoms with E-state index in [4.69, 9.17) is 5.73 Å². The Labute approximate surface area is 126 Å². The van der Waals surface area contributed by atoms with Crippen LogP contribution in [0.5, 0.6) is 0 Å². The zero-order valence-electron chi connectivity index (χ0n) is 13.1. The van der Waals surface area contributed by atoms with Gasteiger partial charge in [-0.3, -0.25) is 4.79 Å². The quantitative estimate of drug-likeness (QED) is 0.724. The minimum absolute atomic E-state index is 0.106. The highest BCUT2D eigenvalue weighted by Gasteiger charge is 2.17. The number of nitrogens with one attached hydrogen (secondary N) is 1. The van der Waals surface area contributed by atoms with Crippen LogP contribution in [-0.4, -0.2) is 5.91 Å². The van der Waals surface area contributed by atoms with Crippen LogP contribution in [0.25, 0.3) is 0 Å². The summed E-state index contributed by atoms with van der Waals surface area (Å²) >= 11 is 0. The highest BCUT2D eigenvalue weighted by Crippen LogP contribution is 2.25. The second-order valence-electron chi connectivity index (χ2n) is 5.66. The molecule has 3 nitrogen and oxygen atoms in total. The number of benzene rings is 2.